The molecule has 28 heavy (non-hydrogen) atoms. The number of hydrogen-bond acceptors (Lipinski definition) is 3. The lowest BCUT2D eigenvalue weighted by molar-refractivity contribution is -0.110. The lowest BCUT2D eigenvalue weighted by atomic mass is 9.66. The third-order valence-corrected chi connectivity index (χ3v) is 6.64. The predicted octanol–water partition coefficient (Wildman–Crippen LogP) is 4.05. The van der Waals surface area contributed by atoms with Gasteiger partial charge in [-0.3, -0.25) is 4.79 Å². The number of amides is 1. The highest BCUT2D eigenvalue weighted by Crippen LogP contribution is 2.47. The molecule has 0 spiro atoms. The molecule has 0 aromatic heterocycles. The summed E-state index contributed by atoms with van der Waals surface area (Å²) in [5.74, 6) is 0.194. The minimum absolute atomic E-state index is 0.0947. The molecule has 2 aromatic carbocycles. The molecular formula is C24H30N2O2. The van der Waals surface area contributed by atoms with Crippen LogP contribution in [0.2, 0.25) is 0 Å². The van der Waals surface area contributed by atoms with Crippen molar-refractivity contribution in [1.82, 2.24) is 4.90 Å². The van der Waals surface area contributed by atoms with E-state index in [-0.39, 0.29) is 17.9 Å². The normalized spacial score (nSPS) is 27.2. The van der Waals surface area contributed by atoms with Crippen LogP contribution in [0.15, 0.2) is 54.6 Å². The molecule has 148 valence electrons. The molecule has 1 amide bonds. The average molecular weight is 379 g/mol. The molecule has 1 saturated carbocycles. The highest BCUT2D eigenvalue weighted by Gasteiger charge is 2.50. The van der Waals surface area contributed by atoms with Crippen molar-refractivity contribution in [3.05, 3.63) is 65.7 Å². The van der Waals surface area contributed by atoms with Crippen molar-refractivity contribution in [3.8, 4) is 0 Å². The maximum atomic E-state index is 13.3. The van der Waals surface area contributed by atoms with Gasteiger partial charge in [-0.1, -0.05) is 43.2 Å². The van der Waals surface area contributed by atoms with E-state index in [1.165, 1.54) is 0 Å². The average Bonchev–Trinajstić information content (AvgIpc) is 2.74. The van der Waals surface area contributed by atoms with Crippen LogP contribution in [-0.4, -0.2) is 42.6 Å². The molecule has 1 N–H and O–H groups in total. The summed E-state index contributed by atoms with van der Waals surface area (Å²) >= 11 is 0. The number of hydrogen-bond donors (Lipinski definition) is 1. The molecule has 1 saturated heterocycles. The van der Waals surface area contributed by atoms with Crippen LogP contribution in [0.1, 0.15) is 48.0 Å². The fourth-order valence-corrected chi connectivity index (χ4v) is 5.09. The number of anilines is 1. The Bertz CT molecular complexity index is 818. The molecule has 4 rings (SSSR count). The van der Waals surface area contributed by atoms with Gasteiger partial charge in [0.15, 0.2) is 0 Å². The first-order chi connectivity index (χ1) is 13.5. The first-order valence-corrected chi connectivity index (χ1v) is 10.4. The second kappa shape index (κ2) is 7.59. The molecule has 2 fully saturated rings. The molecule has 1 aliphatic heterocycles. The van der Waals surface area contributed by atoms with E-state index in [2.05, 4.69) is 0 Å². The Morgan fingerprint density at radius 1 is 1.04 bits per heavy atom. The first kappa shape index (κ1) is 19.0. The van der Waals surface area contributed by atoms with Crippen LogP contribution in [0.3, 0.4) is 0 Å². The van der Waals surface area contributed by atoms with Crippen molar-refractivity contribution in [2.75, 3.05) is 25.5 Å². The van der Waals surface area contributed by atoms with Gasteiger partial charge in [0.1, 0.15) is 0 Å². The van der Waals surface area contributed by atoms with Crippen LogP contribution >= 0.6 is 0 Å². The Balaban J connectivity index is 1.61. The zero-order valence-electron chi connectivity index (χ0n) is 16.8. The van der Waals surface area contributed by atoms with Gasteiger partial charge in [-0.2, -0.15) is 0 Å². The van der Waals surface area contributed by atoms with E-state index >= 15 is 0 Å². The van der Waals surface area contributed by atoms with Crippen molar-refractivity contribution in [1.29, 1.82) is 0 Å². The third-order valence-electron chi connectivity index (χ3n) is 6.64. The smallest absolute Gasteiger partial charge is 0.254 e. The van der Waals surface area contributed by atoms with Gasteiger partial charge in [0, 0.05) is 43.9 Å². The van der Waals surface area contributed by atoms with E-state index in [0.717, 1.165) is 42.5 Å². The molecule has 2 aliphatic rings. The standard InChI is InChI=1S/C24H30N2O2/c1-25(2)20-14-12-18(13-15-20)23(27)26-17-16-24(28,19-8-4-3-5-9-19)21-10-6-7-11-22(21)26/h3-5,8-9,12-15,21-22,28H,6-7,10-11,16-17H2,1-2H3/t21-,22+,24?/m1/s1. The molecule has 0 bridgehead atoms. The number of rotatable bonds is 3. The second-order valence-electron chi connectivity index (χ2n) is 8.44. The maximum Gasteiger partial charge on any atom is 0.254 e. The lowest BCUT2D eigenvalue weighted by Gasteiger charge is -2.52. The molecule has 3 atom stereocenters. The van der Waals surface area contributed by atoms with Gasteiger partial charge in [-0.25, -0.2) is 0 Å². The minimum atomic E-state index is -0.835. The summed E-state index contributed by atoms with van der Waals surface area (Å²) in [5.41, 5.74) is 1.98. The van der Waals surface area contributed by atoms with E-state index < -0.39 is 5.60 Å². The molecule has 1 unspecified atom stereocenters. The topological polar surface area (TPSA) is 43.8 Å². The van der Waals surface area contributed by atoms with Crippen molar-refractivity contribution >= 4 is 11.6 Å². The van der Waals surface area contributed by atoms with Gasteiger partial charge in [0.2, 0.25) is 0 Å². The van der Waals surface area contributed by atoms with E-state index in [4.69, 9.17) is 0 Å². The zero-order chi connectivity index (χ0) is 19.7. The Morgan fingerprint density at radius 3 is 2.39 bits per heavy atom. The van der Waals surface area contributed by atoms with Crippen LogP contribution in [0.4, 0.5) is 5.69 Å². The summed E-state index contributed by atoms with van der Waals surface area (Å²) in [5, 5.41) is 11.7. The fraction of sp³-hybridized carbons (Fsp3) is 0.458. The maximum absolute atomic E-state index is 13.3. The molecule has 0 radical (unpaired) electrons. The van der Waals surface area contributed by atoms with Gasteiger partial charge in [0.25, 0.3) is 5.91 Å². The molecular weight excluding hydrogens is 348 g/mol. The number of carbonyl (C=O) groups is 1. The van der Waals surface area contributed by atoms with Gasteiger partial charge in [-0.15, -0.1) is 0 Å². The Kier molecular flexibility index (Phi) is 5.15. The Labute approximate surface area is 167 Å². The largest absolute Gasteiger partial charge is 0.385 e. The number of benzene rings is 2. The number of nitrogens with zero attached hydrogens (tertiary/aromatic N) is 2. The predicted molar refractivity (Wildman–Crippen MR) is 113 cm³/mol. The van der Waals surface area contributed by atoms with Crippen LogP contribution < -0.4 is 4.90 Å². The summed E-state index contributed by atoms with van der Waals surface area (Å²) in [6, 6.07) is 18.0. The third kappa shape index (κ3) is 3.30. The Morgan fingerprint density at radius 2 is 1.71 bits per heavy atom. The van der Waals surface area contributed by atoms with E-state index in [1.54, 1.807) is 0 Å². The first-order valence-electron chi connectivity index (χ1n) is 10.4. The van der Waals surface area contributed by atoms with Crippen LogP contribution in [0.25, 0.3) is 0 Å². The number of fused-ring (bicyclic) bond motifs is 1. The zero-order valence-corrected chi connectivity index (χ0v) is 16.8. The summed E-state index contributed by atoms with van der Waals surface area (Å²) in [6.45, 7) is 0.598. The number of likely N-dealkylation sites (tertiary alicyclic amines) is 1. The lowest BCUT2D eigenvalue weighted by Crippen LogP contribution is -2.58. The number of carbonyl (C=O) groups excluding carboxylic acids is 1. The Hall–Kier alpha value is -2.33. The van der Waals surface area contributed by atoms with Gasteiger partial charge < -0.3 is 14.9 Å². The molecule has 2 aromatic rings. The highest BCUT2D eigenvalue weighted by molar-refractivity contribution is 5.95. The summed E-state index contributed by atoms with van der Waals surface area (Å²) in [7, 11) is 4.00. The molecule has 1 aliphatic carbocycles. The molecule has 4 heteroatoms. The highest BCUT2D eigenvalue weighted by atomic mass is 16.3. The van der Waals surface area contributed by atoms with Crippen molar-refractivity contribution in [2.45, 2.75) is 43.7 Å². The molecule has 4 nitrogen and oxygen atoms in total. The van der Waals surface area contributed by atoms with Crippen molar-refractivity contribution in [3.63, 3.8) is 0 Å². The van der Waals surface area contributed by atoms with Crippen LogP contribution in [0, 0.1) is 5.92 Å². The van der Waals surface area contributed by atoms with Crippen molar-refractivity contribution in [2.24, 2.45) is 5.92 Å². The van der Waals surface area contributed by atoms with Gasteiger partial charge >= 0.3 is 0 Å². The fourth-order valence-electron chi connectivity index (χ4n) is 5.09. The number of piperidine rings is 1. The SMILES string of the molecule is CN(C)c1ccc(C(=O)N2CCC(O)(c3ccccc3)[C@@H]3CCCC[C@@H]32)cc1. The summed E-state index contributed by atoms with van der Waals surface area (Å²) in [4.78, 5) is 17.4. The molecule has 1 heterocycles. The second-order valence-corrected chi connectivity index (χ2v) is 8.44. The van der Waals surface area contributed by atoms with Crippen molar-refractivity contribution < 1.29 is 9.90 Å². The summed E-state index contributed by atoms with van der Waals surface area (Å²) in [6.07, 6.45) is 4.78. The van der Waals surface area contributed by atoms with Gasteiger partial charge in [0.05, 0.1) is 5.60 Å². The van der Waals surface area contributed by atoms with E-state index in [0.29, 0.717) is 13.0 Å². The van der Waals surface area contributed by atoms with E-state index in [1.807, 2.05) is 78.5 Å². The quantitative estimate of drug-likeness (QED) is 0.876. The monoisotopic (exact) mass is 378 g/mol. The van der Waals surface area contributed by atoms with Gasteiger partial charge in [-0.05, 0) is 49.1 Å². The van der Waals surface area contributed by atoms with E-state index in [9.17, 15) is 9.90 Å². The van der Waals surface area contributed by atoms with Crippen LogP contribution in [-0.2, 0) is 5.60 Å². The summed E-state index contributed by atoms with van der Waals surface area (Å²) < 4.78 is 0. The number of aliphatic hydroxyl groups is 1. The minimum Gasteiger partial charge on any atom is -0.385 e. The van der Waals surface area contributed by atoms with Crippen LogP contribution in [0.5, 0.6) is 0 Å².